The van der Waals surface area contributed by atoms with Crippen molar-refractivity contribution >= 4 is 5.91 Å². The van der Waals surface area contributed by atoms with Crippen molar-refractivity contribution in [1.29, 1.82) is 0 Å². The molecule has 5 nitrogen and oxygen atoms in total. The Bertz CT molecular complexity index is 930. The summed E-state index contributed by atoms with van der Waals surface area (Å²) in [6.07, 6.45) is 1.69. The van der Waals surface area contributed by atoms with E-state index in [-0.39, 0.29) is 12.5 Å². The molecule has 132 valence electrons. The molecular weight excluding hydrogens is 326 g/mol. The minimum atomic E-state index is -0.0849. The maximum atomic E-state index is 12.9. The smallest absolute Gasteiger partial charge is 0.254 e. The van der Waals surface area contributed by atoms with Crippen LogP contribution in [-0.4, -0.2) is 27.5 Å². The van der Waals surface area contributed by atoms with Crippen LogP contribution >= 0.6 is 0 Å². The van der Waals surface area contributed by atoms with E-state index in [4.69, 9.17) is 4.52 Å². The normalized spacial score (nSPS) is 10.5. The van der Waals surface area contributed by atoms with E-state index in [9.17, 15) is 4.79 Å². The SMILES string of the molecule is C=CCN(Cc1nc(-c2cccc(C)c2)no1)C(=O)c1ccccc1C. The van der Waals surface area contributed by atoms with Crippen molar-refractivity contribution in [1.82, 2.24) is 15.0 Å². The van der Waals surface area contributed by atoms with Gasteiger partial charge in [-0.25, -0.2) is 0 Å². The van der Waals surface area contributed by atoms with Crippen LogP contribution in [0.1, 0.15) is 27.4 Å². The fourth-order valence-electron chi connectivity index (χ4n) is 2.74. The van der Waals surface area contributed by atoms with Crippen molar-refractivity contribution in [2.24, 2.45) is 0 Å². The molecule has 0 radical (unpaired) electrons. The lowest BCUT2D eigenvalue weighted by molar-refractivity contribution is 0.0744. The molecule has 1 aromatic heterocycles. The molecule has 0 atom stereocenters. The highest BCUT2D eigenvalue weighted by Gasteiger charge is 2.19. The predicted octanol–water partition coefficient (Wildman–Crippen LogP) is 4.18. The molecule has 0 N–H and O–H groups in total. The topological polar surface area (TPSA) is 59.2 Å². The van der Waals surface area contributed by atoms with Crippen LogP contribution in [0.15, 0.2) is 65.7 Å². The summed E-state index contributed by atoms with van der Waals surface area (Å²) >= 11 is 0. The van der Waals surface area contributed by atoms with Gasteiger partial charge in [-0.3, -0.25) is 4.79 Å². The number of aryl methyl sites for hydroxylation is 2. The first-order valence-corrected chi connectivity index (χ1v) is 8.44. The number of carbonyl (C=O) groups excluding carboxylic acids is 1. The number of carbonyl (C=O) groups is 1. The van der Waals surface area contributed by atoms with Crippen molar-refractivity contribution in [3.8, 4) is 11.4 Å². The largest absolute Gasteiger partial charge is 0.337 e. The Morgan fingerprint density at radius 3 is 2.73 bits per heavy atom. The first kappa shape index (κ1) is 17.6. The number of hydrogen-bond donors (Lipinski definition) is 0. The summed E-state index contributed by atoms with van der Waals surface area (Å²) in [6.45, 7) is 8.30. The van der Waals surface area contributed by atoms with E-state index in [2.05, 4.69) is 16.7 Å². The first-order valence-electron chi connectivity index (χ1n) is 8.44. The number of amides is 1. The van der Waals surface area contributed by atoms with Crippen LogP contribution in [0.2, 0.25) is 0 Å². The number of rotatable bonds is 6. The van der Waals surface area contributed by atoms with Crippen molar-refractivity contribution in [2.45, 2.75) is 20.4 Å². The molecule has 3 rings (SSSR count). The molecule has 0 saturated carbocycles. The van der Waals surface area contributed by atoms with E-state index in [0.717, 1.165) is 16.7 Å². The highest BCUT2D eigenvalue weighted by Crippen LogP contribution is 2.18. The maximum absolute atomic E-state index is 12.9. The fraction of sp³-hybridized carbons (Fsp3) is 0.190. The van der Waals surface area contributed by atoms with Crippen molar-refractivity contribution in [2.75, 3.05) is 6.54 Å². The number of benzene rings is 2. The molecule has 0 spiro atoms. The molecule has 0 fully saturated rings. The van der Waals surface area contributed by atoms with Gasteiger partial charge in [0.15, 0.2) is 0 Å². The summed E-state index contributed by atoms with van der Waals surface area (Å²) in [4.78, 5) is 18.9. The standard InChI is InChI=1S/C21H21N3O2/c1-4-12-24(21(25)18-11-6-5-9-16(18)3)14-19-22-20(23-26-19)17-10-7-8-15(2)13-17/h4-11,13H,1,12,14H2,2-3H3. The van der Waals surface area contributed by atoms with E-state index < -0.39 is 0 Å². The zero-order valence-electron chi connectivity index (χ0n) is 15.0. The Labute approximate surface area is 153 Å². The highest BCUT2D eigenvalue weighted by molar-refractivity contribution is 5.95. The summed E-state index contributed by atoms with van der Waals surface area (Å²) < 4.78 is 5.36. The Hall–Kier alpha value is -3.21. The second-order valence-corrected chi connectivity index (χ2v) is 6.17. The Morgan fingerprint density at radius 2 is 2.00 bits per heavy atom. The van der Waals surface area contributed by atoms with Gasteiger partial charge in [-0.15, -0.1) is 6.58 Å². The molecule has 3 aromatic rings. The minimum absolute atomic E-state index is 0.0849. The van der Waals surface area contributed by atoms with Gasteiger partial charge >= 0.3 is 0 Å². The molecule has 5 heteroatoms. The molecule has 2 aromatic carbocycles. The lowest BCUT2D eigenvalue weighted by Gasteiger charge is -2.20. The third kappa shape index (κ3) is 3.88. The van der Waals surface area contributed by atoms with Crippen LogP contribution in [0.4, 0.5) is 0 Å². The first-order chi connectivity index (χ1) is 12.6. The van der Waals surface area contributed by atoms with Gasteiger partial charge in [-0.1, -0.05) is 53.2 Å². The van der Waals surface area contributed by atoms with Crippen LogP contribution in [0.25, 0.3) is 11.4 Å². The van der Waals surface area contributed by atoms with Crippen molar-refractivity contribution in [3.05, 3.63) is 83.8 Å². The average Bonchev–Trinajstić information content (AvgIpc) is 3.10. The molecule has 0 aliphatic carbocycles. The quantitative estimate of drug-likeness (QED) is 0.628. The molecule has 26 heavy (non-hydrogen) atoms. The van der Waals surface area contributed by atoms with Gasteiger partial charge in [0.25, 0.3) is 5.91 Å². The number of hydrogen-bond acceptors (Lipinski definition) is 4. The highest BCUT2D eigenvalue weighted by atomic mass is 16.5. The zero-order valence-corrected chi connectivity index (χ0v) is 15.0. The Kier molecular flexibility index (Phi) is 5.27. The van der Waals surface area contributed by atoms with Crippen molar-refractivity contribution < 1.29 is 9.32 Å². The molecule has 0 saturated heterocycles. The molecule has 0 aliphatic rings. The van der Waals surface area contributed by atoms with Gasteiger partial charge in [0.2, 0.25) is 11.7 Å². The average molecular weight is 347 g/mol. The molecule has 1 heterocycles. The summed E-state index contributed by atoms with van der Waals surface area (Å²) in [7, 11) is 0. The van der Waals surface area contributed by atoms with Crippen LogP contribution in [0, 0.1) is 13.8 Å². The van der Waals surface area contributed by atoms with Crippen LogP contribution in [-0.2, 0) is 6.54 Å². The third-order valence-corrected chi connectivity index (χ3v) is 4.08. The van der Waals surface area contributed by atoms with Crippen LogP contribution in [0.3, 0.4) is 0 Å². The van der Waals surface area contributed by atoms with Crippen molar-refractivity contribution in [3.63, 3.8) is 0 Å². The van der Waals surface area contributed by atoms with E-state index >= 15 is 0 Å². The summed E-state index contributed by atoms with van der Waals surface area (Å²) in [6, 6.07) is 15.4. The van der Waals surface area contributed by atoms with Gasteiger partial charge in [-0.2, -0.15) is 4.98 Å². The Morgan fingerprint density at radius 1 is 1.19 bits per heavy atom. The maximum Gasteiger partial charge on any atom is 0.254 e. The Balaban J connectivity index is 1.82. The second-order valence-electron chi connectivity index (χ2n) is 6.17. The summed E-state index contributed by atoms with van der Waals surface area (Å²) in [5.41, 5.74) is 3.60. The van der Waals surface area contributed by atoms with Gasteiger partial charge < -0.3 is 9.42 Å². The monoisotopic (exact) mass is 347 g/mol. The second kappa shape index (κ2) is 7.78. The lowest BCUT2D eigenvalue weighted by atomic mass is 10.1. The van der Waals surface area contributed by atoms with E-state index in [0.29, 0.717) is 23.8 Å². The summed E-state index contributed by atoms with van der Waals surface area (Å²) in [5.74, 6) is 0.828. The van der Waals surface area contributed by atoms with Gasteiger partial charge in [0, 0.05) is 17.7 Å². The van der Waals surface area contributed by atoms with Gasteiger partial charge in [0.1, 0.15) is 6.54 Å². The van der Waals surface area contributed by atoms with Crippen LogP contribution in [0.5, 0.6) is 0 Å². The number of nitrogens with zero attached hydrogens (tertiary/aromatic N) is 3. The molecule has 0 unspecified atom stereocenters. The van der Waals surface area contributed by atoms with E-state index in [1.165, 1.54) is 0 Å². The lowest BCUT2D eigenvalue weighted by Crippen LogP contribution is -2.31. The van der Waals surface area contributed by atoms with Gasteiger partial charge in [-0.05, 0) is 31.5 Å². The number of aromatic nitrogens is 2. The zero-order chi connectivity index (χ0) is 18.5. The fourth-order valence-corrected chi connectivity index (χ4v) is 2.74. The molecule has 0 bridgehead atoms. The molecule has 1 amide bonds. The summed E-state index contributed by atoms with van der Waals surface area (Å²) in [5, 5.41) is 4.04. The van der Waals surface area contributed by atoms with E-state index in [1.54, 1.807) is 11.0 Å². The molecule has 0 aliphatic heterocycles. The van der Waals surface area contributed by atoms with Crippen LogP contribution < -0.4 is 0 Å². The van der Waals surface area contributed by atoms with Gasteiger partial charge in [0.05, 0.1) is 0 Å². The minimum Gasteiger partial charge on any atom is -0.337 e. The van der Waals surface area contributed by atoms with E-state index in [1.807, 2.05) is 62.4 Å². The molecular formula is C21H21N3O2. The predicted molar refractivity (Wildman–Crippen MR) is 101 cm³/mol. The third-order valence-electron chi connectivity index (χ3n) is 4.08.